The molecule has 8 nitrogen and oxygen atoms in total. The Balaban J connectivity index is 1.54. The molecule has 0 aliphatic carbocycles. The van der Waals surface area contributed by atoms with Gasteiger partial charge in [0, 0.05) is 29.9 Å². The number of aryl methyl sites for hydroxylation is 1. The number of amides is 2. The zero-order valence-corrected chi connectivity index (χ0v) is 19.1. The monoisotopic (exact) mass is 467 g/mol. The molecule has 0 bridgehead atoms. The minimum Gasteiger partial charge on any atom is -0.497 e. The summed E-state index contributed by atoms with van der Waals surface area (Å²) in [5, 5.41) is 5.38. The van der Waals surface area contributed by atoms with Crippen LogP contribution in [0.1, 0.15) is 26.3 Å². The maximum absolute atomic E-state index is 12.7. The SMILES string of the molecule is COc1ccc(C(=O)NCCNC(=O)c2cccc(S(=O)(=O)Nc3ccc(C)cc3)c2)cc1. The second-order valence-corrected chi connectivity index (χ2v) is 8.92. The molecule has 33 heavy (non-hydrogen) atoms. The van der Waals surface area contributed by atoms with Crippen LogP contribution < -0.4 is 20.1 Å². The number of hydrogen-bond acceptors (Lipinski definition) is 5. The summed E-state index contributed by atoms with van der Waals surface area (Å²) in [6.07, 6.45) is 0. The van der Waals surface area contributed by atoms with Crippen molar-refractivity contribution in [1.29, 1.82) is 0 Å². The molecule has 3 rings (SSSR count). The predicted molar refractivity (Wildman–Crippen MR) is 126 cm³/mol. The Kier molecular flexibility index (Phi) is 7.68. The molecule has 0 heterocycles. The highest BCUT2D eigenvalue weighted by Crippen LogP contribution is 2.18. The van der Waals surface area contributed by atoms with Gasteiger partial charge in [-0.3, -0.25) is 14.3 Å². The molecule has 0 radical (unpaired) electrons. The largest absolute Gasteiger partial charge is 0.497 e. The molecule has 3 aromatic rings. The van der Waals surface area contributed by atoms with Crippen molar-refractivity contribution in [2.75, 3.05) is 24.9 Å². The Morgan fingerprint density at radius 3 is 2.03 bits per heavy atom. The molecule has 3 N–H and O–H groups in total. The first kappa shape index (κ1) is 23.8. The molecule has 0 aliphatic rings. The Labute approximate surface area is 193 Å². The first-order chi connectivity index (χ1) is 15.8. The Bertz CT molecular complexity index is 1220. The number of ether oxygens (including phenoxy) is 1. The highest BCUT2D eigenvalue weighted by molar-refractivity contribution is 7.92. The molecule has 0 fully saturated rings. The number of carbonyl (C=O) groups is 2. The van der Waals surface area contributed by atoms with Gasteiger partial charge in [0.1, 0.15) is 5.75 Å². The number of rotatable bonds is 9. The third kappa shape index (κ3) is 6.56. The van der Waals surface area contributed by atoms with Crippen molar-refractivity contribution >= 4 is 27.5 Å². The molecule has 172 valence electrons. The highest BCUT2D eigenvalue weighted by atomic mass is 32.2. The van der Waals surface area contributed by atoms with Gasteiger partial charge in [-0.25, -0.2) is 8.42 Å². The van der Waals surface area contributed by atoms with E-state index in [9.17, 15) is 18.0 Å². The van der Waals surface area contributed by atoms with Crippen molar-refractivity contribution in [3.05, 3.63) is 89.5 Å². The van der Waals surface area contributed by atoms with Crippen molar-refractivity contribution in [2.45, 2.75) is 11.8 Å². The molecule has 0 saturated heterocycles. The minimum absolute atomic E-state index is 0.0245. The lowest BCUT2D eigenvalue weighted by atomic mass is 10.2. The summed E-state index contributed by atoms with van der Waals surface area (Å²) in [6.45, 7) is 2.30. The van der Waals surface area contributed by atoms with Gasteiger partial charge in [-0.05, 0) is 61.5 Å². The zero-order valence-electron chi connectivity index (χ0n) is 18.3. The molecule has 0 aromatic heterocycles. The second kappa shape index (κ2) is 10.6. The van der Waals surface area contributed by atoms with Gasteiger partial charge >= 0.3 is 0 Å². The van der Waals surface area contributed by atoms with Gasteiger partial charge in [0.05, 0.1) is 12.0 Å². The average molecular weight is 468 g/mol. The number of benzene rings is 3. The van der Waals surface area contributed by atoms with E-state index in [1.165, 1.54) is 24.3 Å². The van der Waals surface area contributed by atoms with E-state index in [1.54, 1.807) is 55.6 Å². The Morgan fingerprint density at radius 2 is 1.42 bits per heavy atom. The molecule has 3 aromatic carbocycles. The number of hydrogen-bond donors (Lipinski definition) is 3. The van der Waals surface area contributed by atoms with Crippen LogP contribution in [0.3, 0.4) is 0 Å². The summed E-state index contributed by atoms with van der Waals surface area (Å²) in [4.78, 5) is 24.6. The Morgan fingerprint density at radius 1 is 0.818 bits per heavy atom. The average Bonchev–Trinajstić information content (AvgIpc) is 2.83. The minimum atomic E-state index is -3.85. The molecule has 2 amide bonds. The normalized spacial score (nSPS) is 10.8. The van der Waals surface area contributed by atoms with E-state index in [-0.39, 0.29) is 29.5 Å². The summed E-state index contributed by atoms with van der Waals surface area (Å²) in [6, 6.07) is 19.4. The van der Waals surface area contributed by atoms with Crippen molar-refractivity contribution in [3.8, 4) is 5.75 Å². The highest BCUT2D eigenvalue weighted by Gasteiger charge is 2.16. The topological polar surface area (TPSA) is 114 Å². The lowest BCUT2D eigenvalue weighted by molar-refractivity contribution is 0.0927. The number of carbonyl (C=O) groups excluding carboxylic acids is 2. The van der Waals surface area contributed by atoms with Gasteiger partial charge in [0.2, 0.25) is 0 Å². The molecule has 0 saturated carbocycles. The smallest absolute Gasteiger partial charge is 0.261 e. The second-order valence-electron chi connectivity index (χ2n) is 7.24. The molecule has 0 atom stereocenters. The molecular formula is C24H25N3O5S. The van der Waals surface area contributed by atoms with E-state index in [0.717, 1.165) is 5.56 Å². The van der Waals surface area contributed by atoms with Crippen LogP contribution in [0.25, 0.3) is 0 Å². The molecule has 9 heteroatoms. The van der Waals surface area contributed by atoms with Crippen LogP contribution >= 0.6 is 0 Å². The first-order valence-corrected chi connectivity index (χ1v) is 11.7. The molecule has 0 spiro atoms. The van der Waals surface area contributed by atoms with Crippen LogP contribution in [0, 0.1) is 6.92 Å². The first-order valence-electron chi connectivity index (χ1n) is 10.2. The number of methoxy groups -OCH3 is 1. The van der Waals surface area contributed by atoms with Crippen molar-refractivity contribution < 1.29 is 22.7 Å². The lowest BCUT2D eigenvalue weighted by Crippen LogP contribution is -2.34. The zero-order chi connectivity index (χ0) is 23.8. The van der Waals surface area contributed by atoms with Crippen LogP contribution in [0.15, 0.2) is 77.7 Å². The van der Waals surface area contributed by atoms with E-state index in [1.807, 2.05) is 6.92 Å². The molecular weight excluding hydrogens is 442 g/mol. The van der Waals surface area contributed by atoms with Gasteiger partial charge in [0.25, 0.3) is 21.8 Å². The fraction of sp³-hybridized carbons (Fsp3) is 0.167. The van der Waals surface area contributed by atoms with E-state index in [4.69, 9.17) is 4.74 Å². The van der Waals surface area contributed by atoms with Crippen molar-refractivity contribution in [3.63, 3.8) is 0 Å². The van der Waals surface area contributed by atoms with Gasteiger partial charge in [0.15, 0.2) is 0 Å². The van der Waals surface area contributed by atoms with Crippen molar-refractivity contribution in [1.82, 2.24) is 10.6 Å². The van der Waals surface area contributed by atoms with Gasteiger partial charge in [-0.15, -0.1) is 0 Å². The maximum Gasteiger partial charge on any atom is 0.261 e. The molecule has 0 aliphatic heterocycles. The van der Waals surface area contributed by atoms with Crippen LogP contribution in [0.2, 0.25) is 0 Å². The quantitative estimate of drug-likeness (QED) is 0.419. The van der Waals surface area contributed by atoms with E-state index < -0.39 is 15.9 Å². The summed E-state index contributed by atoms with van der Waals surface area (Å²) in [5.41, 5.74) is 2.12. The third-order valence-electron chi connectivity index (χ3n) is 4.76. The van der Waals surface area contributed by atoms with Gasteiger partial charge < -0.3 is 15.4 Å². The Hall–Kier alpha value is -3.85. The number of anilines is 1. The van der Waals surface area contributed by atoms with Gasteiger partial charge in [-0.1, -0.05) is 23.8 Å². The summed E-state index contributed by atoms with van der Waals surface area (Å²) >= 11 is 0. The van der Waals surface area contributed by atoms with Crippen LogP contribution in [-0.2, 0) is 10.0 Å². The fourth-order valence-corrected chi connectivity index (χ4v) is 4.04. The number of nitrogens with one attached hydrogen (secondary N) is 3. The van der Waals surface area contributed by atoms with Crippen LogP contribution in [0.4, 0.5) is 5.69 Å². The fourth-order valence-electron chi connectivity index (χ4n) is 2.94. The third-order valence-corrected chi connectivity index (χ3v) is 6.14. The van der Waals surface area contributed by atoms with Crippen molar-refractivity contribution in [2.24, 2.45) is 0 Å². The van der Waals surface area contributed by atoms with E-state index >= 15 is 0 Å². The predicted octanol–water partition coefficient (Wildman–Crippen LogP) is 2.96. The van der Waals surface area contributed by atoms with E-state index in [2.05, 4.69) is 15.4 Å². The van der Waals surface area contributed by atoms with Crippen LogP contribution in [0.5, 0.6) is 5.75 Å². The maximum atomic E-state index is 12.7. The van der Waals surface area contributed by atoms with Crippen LogP contribution in [-0.4, -0.2) is 40.4 Å². The summed E-state index contributed by atoms with van der Waals surface area (Å²) in [7, 11) is -2.31. The lowest BCUT2D eigenvalue weighted by Gasteiger charge is -2.10. The summed E-state index contributed by atoms with van der Waals surface area (Å²) < 4.78 is 32.9. The number of sulfonamides is 1. The summed E-state index contributed by atoms with van der Waals surface area (Å²) in [5.74, 6) is -0.0691. The van der Waals surface area contributed by atoms with Gasteiger partial charge in [-0.2, -0.15) is 0 Å². The standard InChI is InChI=1S/C24H25N3O5S/c1-17-6-10-20(11-7-17)27-33(30,31)22-5-3-4-19(16-22)24(29)26-15-14-25-23(28)18-8-12-21(32-2)13-9-18/h3-13,16,27H,14-15H2,1-2H3,(H,25,28)(H,26,29). The van der Waals surface area contributed by atoms with E-state index in [0.29, 0.717) is 17.0 Å². The molecule has 0 unspecified atom stereocenters.